The van der Waals surface area contributed by atoms with Crippen molar-refractivity contribution >= 4 is 27.5 Å². The summed E-state index contributed by atoms with van der Waals surface area (Å²) in [7, 11) is 0. The Morgan fingerprint density at radius 2 is 2.05 bits per heavy atom. The molecule has 0 aliphatic heterocycles. The van der Waals surface area contributed by atoms with E-state index in [1.54, 1.807) is 25.1 Å². The van der Waals surface area contributed by atoms with E-state index in [0.717, 1.165) is 0 Å². The molecule has 2 rings (SSSR count). The second-order valence-corrected chi connectivity index (χ2v) is 5.29. The fraction of sp³-hybridized carbons (Fsp3) is 0.133. The minimum Gasteiger partial charge on any atom is -0.508 e. The summed E-state index contributed by atoms with van der Waals surface area (Å²) in [6.45, 7) is 1.71. The molecule has 0 saturated heterocycles. The quantitative estimate of drug-likeness (QED) is 0.895. The topological polar surface area (TPSA) is 49.3 Å². The second-order valence-electron chi connectivity index (χ2n) is 4.43. The van der Waals surface area contributed by atoms with Gasteiger partial charge >= 0.3 is 0 Å². The van der Waals surface area contributed by atoms with Crippen molar-refractivity contribution in [1.82, 2.24) is 0 Å². The maximum Gasteiger partial charge on any atom is 0.228 e. The van der Waals surface area contributed by atoms with Gasteiger partial charge in [-0.25, -0.2) is 4.39 Å². The zero-order valence-electron chi connectivity index (χ0n) is 10.8. The Morgan fingerprint density at radius 3 is 2.75 bits per heavy atom. The van der Waals surface area contributed by atoms with E-state index in [1.807, 2.05) is 0 Å². The van der Waals surface area contributed by atoms with Crippen LogP contribution in [0.4, 0.5) is 10.1 Å². The lowest BCUT2D eigenvalue weighted by atomic mass is 10.1. The average molecular weight is 338 g/mol. The molecule has 0 spiro atoms. The average Bonchev–Trinajstić information content (AvgIpc) is 2.39. The molecule has 0 aliphatic carbocycles. The van der Waals surface area contributed by atoms with Gasteiger partial charge in [0, 0.05) is 11.3 Å². The number of benzene rings is 2. The minimum absolute atomic E-state index is 0.0567. The number of anilines is 1. The highest BCUT2D eigenvalue weighted by atomic mass is 79.9. The minimum atomic E-state index is -0.374. The first-order chi connectivity index (χ1) is 9.47. The normalized spacial score (nSPS) is 10.3. The Hall–Kier alpha value is -1.88. The maximum absolute atomic E-state index is 13.3. The van der Waals surface area contributed by atoms with Crippen LogP contribution >= 0.6 is 15.9 Å². The summed E-state index contributed by atoms with van der Waals surface area (Å²) >= 11 is 3.08. The van der Waals surface area contributed by atoms with Gasteiger partial charge in [0.15, 0.2) is 0 Å². The summed E-state index contributed by atoms with van der Waals surface area (Å²) in [5.41, 5.74) is 1.72. The lowest BCUT2D eigenvalue weighted by molar-refractivity contribution is -0.115. The van der Waals surface area contributed by atoms with Gasteiger partial charge in [0.2, 0.25) is 5.91 Å². The number of hydrogen-bond donors (Lipinski definition) is 2. The van der Waals surface area contributed by atoms with Gasteiger partial charge in [-0.15, -0.1) is 0 Å². The Balaban J connectivity index is 2.13. The van der Waals surface area contributed by atoms with E-state index in [2.05, 4.69) is 21.2 Å². The van der Waals surface area contributed by atoms with Crippen molar-refractivity contribution in [3.63, 3.8) is 0 Å². The van der Waals surface area contributed by atoms with Crippen LogP contribution in [-0.4, -0.2) is 11.0 Å². The van der Waals surface area contributed by atoms with Crippen molar-refractivity contribution < 1.29 is 14.3 Å². The first-order valence-electron chi connectivity index (χ1n) is 5.99. The monoisotopic (exact) mass is 337 g/mol. The fourth-order valence-corrected chi connectivity index (χ4v) is 2.15. The number of carbonyl (C=O) groups is 1. The number of amides is 1. The van der Waals surface area contributed by atoms with Gasteiger partial charge in [0.1, 0.15) is 11.6 Å². The third-order valence-electron chi connectivity index (χ3n) is 2.88. The smallest absolute Gasteiger partial charge is 0.228 e. The van der Waals surface area contributed by atoms with Gasteiger partial charge in [-0.3, -0.25) is 4.79 Å². The summed E-state index contributed by atoms with van der Waals surface area (Å²) in [5.74, 6) is -0.561. The molecule has 0 heterocycles. The van der Waals surface area contributed by atoms with E-state index in [4.69, 9.17) is 0 Å². The van der Waals surface area contributed by atoms with Gasteiger partial charge < -0.3 is 10.4 Å². The van der Waals surface area contributed by atoms with E-state index in [9.17, 15) is 14.3 Å². The highest BCUT2D eigenvalue weighted by molar-refractivity contribution is 9.10. The molecule has 20 heavy (non-hydrogen) atoms. The van der Waals surface area contributed by atoms with Gasteiger partial charge in [-0.1, -0.05) is 18.2 Å². The van der Waals surface area contributed by atoms with Crippen LogP contribution < -0.4 is 5.32 Å². The zero-order valence-corrected chi connectivity index (χ0v) is 12.4. The van der Waals surface area contributed by atoms with Crippen molar-refractivity contribution in [2.75, 3.05) is 5.32 Å². The van der Waals surface area contributed by atoms with E-state index in [-0.39, 0.29) is 23.9 Å². The lowest BCUT2D eigenvalue weighted by Crippen LogP contribution is -2.15. The van der Waals surface area contributed by atoms with Crippen LogP contribution in [0.15, 0.2) is 40.9 Å². The van der Waals surface area contributed by atoms with Crippen LogP contribution in [0.3, 0.4) is 0 Å². The summed E-state index contributed by atoms with van der Waals surface area (Å²) in [6.07, 6.45) is 0.0567. The van der Waals surface area contributed by atoms with Gasteiger partial charge in [0.25, 0.3) is 0 Å². The fourth-order valence-electron chi connectivity index (χ4n) is 1.81. The van der Waals surface area contributed by atoms with E-state index in [0.29, 0.717) is 21.3 Å². The molecule has 0 atom stereocenters. The number of nitrogens with one attached hydrogen (secondary N) is 1. The molecule has 0 radical (unpaired) electrons. The first kappa shape index (κ1) is 14.5. The Labute approximate surface area is 124 Å². The van der Waals surface area contributed by atoms with Crippen LogP contribution in [0.25, 0.3) is 0 Å². The van der Waals surface area contributed by atoms with Crippen LogP contribution in [0.1, 0.15) is 11.1 Å². The highest BCUT2D eigenvalue weighted by Gasteiger charge is 2.10. The summed E-state index contributed by atoms with van der Waals surface area (Å²) in [4.78, 5) is 12.0. The standard InChI is InChI=1S/C15H13BrFNO2/c1-9-6-12(17)11(16)8-13(9)18-15(20)7-10-4-2-3-5-14(10)19/h2-6,8,19H,7H2,1H3,(H,18,20). The predicted molar refractivity (Wildman–Crippen MR) is 79.3 cm³/mol. The van der Waals surface area contributed by atoms with E-state index < -0.39 is 0 Å². The molecule has 0 aliphatic rings. The number of phenols is 1. The predicted octanol–water partition coefficient (Wildman–Crippen LogP) is 3.78. The first-order valence-corrected chi connectivity index (χ1v) is 6.79. The van der Waals surface area contributed by atoms with Crippen LogP contribution in [0, 0.1) is 12.7 Å². The third kappa shape index (κ3) is 3.36. The molecule has 0 saturated carbocycles. The molecule has 1 amide bonds. The Morgan fingerprint density at radius 1 is 1.35 bits per heavy atom. The van der Waals surface area contributed by atoms with Crippen molar-refractivity contribution in [2.45, 2.75) is 13.3 Å². The molecule has 0 unspecified atom stereocenters. The number of halogens is 2. The molecule has 0 bridgehead atoms. The second kappa shape index (κ2) is 6.05. The van der Waals surface area contributed by atoms with Crippen molar-refractivity contribution in [1.29, 1.82) is 0 Å². The molecule has 104 valence electrons. The van der Waals surface area contributed by atoms with Crippen molar-refractivity contribution in [3.8, 4) is 5.75 Å². The molecular formula is C15H13BrFNO2. The van der Waals surface area contributed by atoms with E-state index in [1.165, 1.54) is 18.2 Å². The lowest BCUT2D eigenvalue weighted by Gasteiger charge is -2.10. The molecule has 0 fully saturated rings. The Kier molecular flexibility index (Phi) is 4.39. The molecule has 5 heteroatoms. The summed E-state index contributed by atoms with van der Waals surface area (Å²) in [6, 6.07) is 9.53. The highest BCUT2D eigenvalue weighted by Crippen LogP contribution is 2.24. The van der Waals surface area contributed by atoms with Gasteiger partial charge in [-0.05, 0) is 46.6 Å². The van der Waals surface area contributed by atoms with Crippen LogP contribution in [-0.2, 0) is 11.2 Å². The molecule has 2 aromatic rings. The van der Waals surface area contributed by atoms with Gasteiger partial charge in [-0.2, -0.15) is 0 Å². The molecular weight excluding hydrogens is 325 g/mol. The number of phenolic OH excluding ortho intramolecular Hbond substituents is 1. The van der Waals surface area contributed by atoms with Gasteiger partial charge in [0.05, 0.1) is 10.9 Å². The Bertz CT molecular complexity index is 658. The molecule has 3 nitrogen and oxygen atoms in total. The van der Waals surface area contributed by atoms with Crippen LogP contribution in [0.2, 0.25) is 0 Å². The number of para-hydroxylation sites is 1. The maximum atomic E-state index is 13.3. The molecule has 2 aromatic carbocycles. The number of hydrogen-bond acceptors (Lipinski definition) is 2. The zero-order chi connectivity index (χ0) is 14.7. The van der Waals surface area contributed by atoms with Crippen molar-refractivity contribution in [3.05, 3.63) is 57.8 Å². The summed E-state index contributed by atoms with van der Waals surface area (Å²) < 4.78 is 13.6. The number of rotatable bonds is 3. The number of carbonyl (C=O) groups excluding carboxylic acids is 1. The number of aryl methyl sites for hydroxylation is 1. The van der Waals surface area contributed by atoms with Crippen molar-refractivity contribution in [2.24, 2.45) is 0 Å². The van der Waals surface area contributed by atoms with Crippen LogP contribution in [0.5, 0.6) is 5.75 Å². The molecule has 0 aromatic heterocycles. The largest absolute Gasteiger partial charge is 0.508 e. The molecule has 2 N–H and O–H groups in total. The SMILES string of the molecule is Cc1cc(F)c(Br)cc1NC(=O)Cc1ccccc1O. The van der Waals surface area contributed by atoms with E-state index >= 15 is 0 Å². The third-order valence-corrected chi connectivity index (χ3v) is 3.49. The number of aromatic hydroxyl groups is 1. The summed E-state index contributed by atoms with van der Waals surface area (Å²) in [5, 5.41) is 12.3.